The van der Waals surface area contributed by atoms with Crippen LogP contribution in [0.5, 0.6) is 0 Å². The molecule has 0 aliphatic rings. The Kier molecular flexibility index (Phi) is 2.08. The fourth-order valence-corrected chi connectivity index (χ4v) is 0.954. The molecule has 1 heterocycles. The molecule has 0 unspecified atom stereocenters. The minimum Gasteiger partial charge on any atom is -0.469 e. The molecule has 0 spiro atoms. The van der Waals surface area contributed by atoms with Crippen molar-refractivity contribution in [3.05, 3.63) is 23.7 Å². The van der Waals surface area contributed by atoms with Crippen molar-refractivity contribution in [2.75, 3.05) is 0 Å². The second kappa shape index (κ2) is 2.72. The van der Waals surface area contributed by atoms with Crippen LogP contribution >= 0.6 is 0 Å². The number of aryl methyl sites for hydroxylation is 1. The van der Waals surface area contributed by atoms with Gasteiger partial charge in [0.25, 0.3) is 0 Å². The van der Waals surface area contributed by atoms with E-state index in [4.69, 9.17) is 4.42 Å². The molecule has 0 amide bonds. The van der Waals surface area contributed by atoms with Gasteiger partial charge in [-0.15, -0.1) is 0 Å². The van der Waals surface area contributed by atoms with E-state index in [-0.39, 0.29) is 5.41 Å². The predicted octanol–water partition coefficient (Wildman–Crippen LogP) is 3.14. The van der Waals surface area contributed by atoms with Crippen LogP contribution in [0.15, 0.2) is 16.7 Å². The maximum atomic E-state index is 5.42. The maximum absolute atomic E-state index is 5.42. The molecule has 62 valence electrons. The second-order valence-electron chi connectivity index (χ2n) is 3.92. The third-order valence-electron chi connectivity index (χ3n) is 1.80. The van der Waals surface area contributed by atoms with E-state index in [1.165, 1.54) is 5.56 Å². The summed E-state index contributed by atoms with van der Waals surface area (Å²) in [6.45, 7) is 8.61. The smallest absolute Gasteiger partial charge is 0.109 e. The van der Waals surface area contributed by atoms with Gasteiger partial charge in [-0.2, -0.15) is 0 Å². The highest BCUT2D eigenvalue weighted by atomic mass is 16.3. The van der Waals surface area contributed by atoms with Crippen molar-refractivity contribution < 1.29 is 4.42 Å². The van der Waals surface area contributed by atoms with Crippen molar-refractivity contribution in [2.24, 2.45) is 0 Å². The van der Waals surface area contributed by atoms with Gasteiger partial charge in [0.2, 0.25) is 0 Å². The van der Waals surface area contributed by atoms with Crippen LogP contribution in [0.2, 0.25) is 0 Å². The predicted molar refractivity (Wildman–Crippen MR) is 46.8 cm³/mol. The van der Waals surface area contributed by atoms with Crippen LogP contribution in [0.25, 0.3) is 0 Å². The first kappa shape index (κ1) is 8.38. The standard InChI is InChI=1S/C10H16O/c1-5-8-6-9(11-7-8)10(2,3)4/h6-7H,5H2,1-4H3. The van der Waals surface area contributed by atoms with Crippen LogP contribution < -0.4 is 0 Å². The Balaban J connectivity index is 2.89. The zero-order valence-electron chi connectivity index (χ0n) is 7.77. The number of rotatable bonds is 1. The van der Waals surface area contributed by atoms with Crippen LogP contribution in [-0.4, -0.2) is 0 Å². The van der Waals surface area contributed by atoms with Gasteiger partial charge < -0.3 is 4.42 Å². The van der Waals surface area contributed by atoms with Gasteiger partial charge in [-0.1, -0.05) is 27.7 Å². The summed E-state index contributed by atoms with van der Waals surface area (Å²) in [6.07, 6.45) is 2.90. The van der Waals surface area contributed by atoms with Crippen LogP contribution in [0.3, 0.4) is 0 Å². The molecule has 0 aliphatic heterocycles. The normalized spacial score (nSPS) is 12.0. The van der Waals surface area contributed by atoms with Crippen molar-refractivity contribution in [3.8, 4) is 0 Å². The van der Waals surface area contributed by atoms with Gasteiger partial charge >= 0.3 is 0 Å². The van der Waals surface area contributed by atoms with Gasteiger partial charge in [-0.25, -0.2) is 0 Å². The molecular formula is C10H16O. The van der Waals surface area contributed by atoms with Gasteiger partial charge in [0.15, 0.2) is 0 Å². The molecule has 0 atom stereocenters. The zero-order chi connectivity index (χ0) is 8.48. The molecule has 0 radical (unpaired) electrons. The van der Waals surface area contributed by atoms with E-state index < -0.39 is 0 Å². The minimum atomic E-state index is 0.146. The van der Waals surface area contributed by atoms with Gasteiger partial charge in [-0.3, -0.25) is 0 Å². The summed E-state index contributed by atoms with van der Waals surface area (Å²) in [7, 11) is 0. The summed E-state index contributed by atoms with van der Waals surface area (Å²) < 4.78 is 5.42. The monoisotopic (exact) mass is 152 g/mol. The lowest BCUT2D eigenvalue weighted by Crippen LogP contribution is -2.09. The Hall–Kier alpha value is -0.720. The Morgan fingerprint density at radius 3 is 2.27 bits per heavy atom. The molecule has 1 aromatic heterocycles. The lowest BCUT2D eigenvalue weighted by atomic mass is 9.93. The number of hydrogen-bond acceptors (Lipinski definition) is 1. The number of furan rings is 1. The second-order valence-corrected chi connectivity index (χ2v) is 3.92. The van der Waals surface area contributed by atoms with Crippen molar-refractivity contribution in [3.63, 3.8) is 0 Å². The molecule has 0 bridgehead atoms. The van der Waals surface area contributed by atoms with Crippen LogP contribution in [0.1, 0.15) is 39.0 Å². The molecular weight excluding hydrogens is 136 g/mol. The zero-order valence-corrected chi connectivity index (χ0v) is 7.77. The molecule has 0 saturated carbocycles. The average Bonchev–Trinajstić information content (AvgIpc) is 2.32. The van der Waals surface area contributed by atoms with Gasteiger partial charge in [0, 0.05) is 5.41 Å². The van der Waals surface area contributed by atoms with E-state index >= 15 is 0 Å². The summed E-state index contributed by atoms with van der Waals surface area (Å²) in [5, 5.41) is 0. The van der Waals surface area contributed by atoms with Crippen LogP contribution in [0.4, 0.5) is 0 Å². The topological polar surface area (TPSA) is 13.1 Å². The lowest BCUT2D eigenvalue weighted by molar-refractivity contribution is 0.409. The lowest BCUT2D eigenvalue weighted by Gasteiger charge is -2.13. The molecule has 0 aromatic carbocycles. The van der Waals surface area contributed by atoms with Gasteiger partial charge in [0.05, 0.1) is 6.26 Å². The Bertz CT molecular complexity index is 227. The largest absolute Gasteiger partial charge is 0.469 e. The van der Waals surface area contributed by atoms with E-state index in [0.717, 1.165) is 12.2 Å². The Morgan fingerprint density at radius 2 is 2.00 bits per heavy atom. The van der Waals surface area contributed by atoms with Crippen molar-refractivity contribution in [1.29, 1.82) is 0 Å². The fraction of sp³-hybridized carbons (Fsp3) is 0.600. The molecule has 0 saturated heterocycles. The Labute approximate surface area is 68.4 Å². The summed E-state index contributed by atoms with van der Waals surface area (Å²) in [4.78, 5) is 0. The summed E-state index contributed by atoms with van der Waals surface area (Å²) >= 11 is 0. The first-order valence-electron chi connectivity index (χ1n) is 4.12. The summed E-state index contributed by atoms with van der Waals surface area (Å²) in [5.41, 5.74) is 1.43. The summed E-state index contributed by atoms with van der Waals surface area (Å²) in [6, 6.07) is 2.14. The molecule has 11 heavy (non-hydrogen) atoms. The highest BCUT2D eigenvalue weighted by molar-refractivity contribution is 5.17. The molecule has 0 aliphatic carbocycles. The highest BCUT2D eigenvalue weighted by Gasteiger charge is 2.17. The van der Waals surface area contributed by atoms with Gasteiger partial charge in [-0.05, 0) is 18.1 Å². The van der Waals surface area contributed by atoms with E-state index in [0.29, 0.717) is 0 Å². The third kappa shape index (κ3) is 1.86. The molecule has 1 heteroatoms. The minimum absolute atomic E-state index is 0.146. The fourth-order valence-electron chi connectivity index (χ4n) is 0.954. The van der Waals surface area contributed by atoms with E-state index in [2.05, 4.69) is 33.8 Å². The van der Waals surface area contributed by atoms with E-state index in [1.807, 2.05) is 6.26 Å². The van der Waals surface area contributed by atoms with E-state index in [1.54, 1.807) is 0 Å². The quantitative estimate of drug-likeness (QED) is 0.602. The molecule has 1 rings (SSSR count). The highest BCUT2D eigenvalue weighted by Crippen LogP contribution is 2.24. The Morgan fingerprint density at radius 1 is 1.36 bits per heavy atom. The van der Waals surface area contributed by atoms with Crippen LogP contribution in [-0.2, 0) is 11.8 Å². The number of hydrogen-bond donors (Lipinski definition) is 0. The molecule has 0 N–H and O–H groups in total. The average molecular weight is 152 g/mol. The van der Waals surface area contributed by atoms with E-state index in [9.17, 15) is 0 Å². The molecule has 1 nitrogen and oxygen atoms in total. The first-order valence-corrected chi connectivity index (χ1v) is 4.12. The van der Waals surface area contributed by atoms with Gasteiger partial charge in [0.1, 0.15) is 5.76 Å². The van der Waals surface area contributed by atoms with Crippen molar-refractivity contribution in [1.82, 2.24) is 0 Å². The SMILES string of the molecule is CCc1coc(C(C)(C)C)c1. The summed E-state index contributed by atoms with van der Waals surface area (Å²) in [5.74, 6) is 1.08. The van der Waals surface area contributed by atoms with Crippen molar-refractivity contribution >= 4 is 0 Å². The molecule has 1 aromatic rings. The van der Waals surface area contributed by atoms with Crippen molar-refractivity contribution in [2.45, 2.75) is 39.5 Å². The first-order chi connectivity index (χ1) is 5.04. The van der Waals surface area contributed by atoms with Crippen LogP contribution in [0, 0.1) is 0 Å². The third-order valence-corrected chi connectivity index (χ3v) is 1.80. The maximum Gasteiger partial charge on any atom is 0.109 e. The molecule has 0 fully saturated rings.